The minimum Gasteiger partial charge on any atom is -0.0795 e. The van der Waals surface area contributed by atoms with E-state index >= 15 is 0 Å². The van der Waals surface area contributed by atoms with Gasteiger partial charge in [0.1, 0.15) is 0 Å². The zero-order valence-electron chi connectivity index (χ0n) is 12.1. The lowest BCUT2D eigenvalue weighted by molar-refractivity contribution is 0.589. The number of rotatable bonds is 8. The quantitative estimate of drug-likeness (QED) is 0.492. The molecule has 1 aromatic carbocycles. The zero-order chi connectivity index (χ0) is 13.5. The standard InChI is InChI=1S/C18H25Br/c1-2-3-4-5-6-7-8-10-15-13-14-18(19)17-12-9-11-16(15)17/h9,11,13-14H,2-8,10,12H2,1H3. The third-order valence-corrected chi connectivity index (χ3v) is 4.79. The van der Waals surface area contributed by atoms with Gasteiger partial charge in [-0.15, -0.1) is 0 Å². The van der Waals surface area contributed by atoms with E-state index in [9.17, 15) is 0 Å². The van der Waals surface area contributed by atoms with Crippen LogP contribution in [0.15, 0.2) is 22.7 Å². The van der Waals surface area contributed by atoms with Gasteiger partial charge in [0.05, 0.1) is 0 Å². The highest BCUT2D eigenvalue weighted by Crippen LogP contribution is 2.31. The molecule has 0 N–H and O–H groups in total. The second-order valence-corrected chi connectivity index (χ2v) is 6.43. The Morgan fingerprint density at radius 2 is 1.74 bits per heavy atom. The molecule has 0 heterocycles. The van der Waals surface area contributed by atoms with Gasteiger partial charge in [0.2, 0.25) is 0 Å². The lowest BCUT2D eigenvalue weighted by atomic mass is 9.98. The van der Waals surface area contributed by atoms with Gasteiger partial charge in [-0.3, -0.25) is 0 Å². The molecule has 0 nitrogen and oxygen atoms in total. The van der Waals surface area contributed by atoms with Crippen LogP contribution >= 0.6 is 15.9 Å². The minimum absolute atomic E-state index is 1.10. The first-order valence-corrected chi connectivity index (χ1v) is 8.59. The first kappa shape index (κ1) is 14.8. The Labute approximate surface area is 126 Å². The van der Waals surface area contributed by atoms with E-state index in [1.165, 1.54) is 67.0 Å². The maximum Gasteiger partial charge on any atom is 0.0216 e. The summed E-state index contributed by atoms with van der Waals surface area (Å²) in [5.74, 6) is 0. The average molecular weight is 321 g/mol. The van der Waals surface area contributed by atoms with E-state index in [1.54, 1.807) is 5.56 Å². The van der Waals surface area contributed by atoms with Crippen molar-refractivity contribution in [1.82, 2.24) is 0 Å². The summed E-state index contributed by atoms with van der Waals surface area (Å²) in [6.45, 7) is 2.28. The van der Waals surface area contributed by atoms with Crippen molar-refractivity contribution in [2.75, 3.05) is 0 Å². The van der Waals surface area contributed by atoms with Gasteiger partial charge in [-0.2, -0.15) is 0 Å². The van der Waals surface area contributed by atoms with Crippen LogP contribution in [0.2, 0.25) is 0 Å². The second kappa shape index (κ2) is 7.89. The van der Waals surface area contributed by atoms with Crippen LogP contribution in [0.1, 0.15) is 68.6 Å². The van der Waals surface area contributed by atoms with E-state index in [-0.39, 0.29) is 0 Å². The van der Waals surface area contributed by atoms with Gasteiger partial charge in [-0.1, -0.05) is 79.6 Å². The molecule has 0 saturated heterocycles. The number of benzene rings is 1. The SMILES string of the molecule is CCCCCCCCCc1ccc(Br)c2c1C=CC2. The summed E-state index contributed by atoms with van der Waals surface area (Å²) in [6, 6.07) is 4.53. The molecule has 2 rings (SSSR count). The summed E-state index contributed by atoms with van der Waals surface area (Å²) in [5, 5.41) is 0. The lowest BCUT2D eigenvalue weighted by Crippen LogP contribution is -1.94. The van der Waals surface area contributed by atoms with Gasteiger partial charge in [0.15, 0.2) is 0 Å². The van der Waals surface area contributed by atoms with E-state index in [4.69, 9.17) is 0 Å². The van der Waals surface area contributed by atoms with Gasteiger partial charge >= 0.3 is 0 Å². The van der Waals surface area contributed by atoms with Gasteiger partial charge in [-0.25, -0.2) is 0 Å². The maximum atomic E-state index is 3.66. The molecule has 1 aliphatic carbocycles. The third kappa shape index (κ3) is 4.21. The van der Waals surface area contributed by atoms with E-state index in [2.05, 4.69) is 47.1 Å². The molecule has 0 aliphatic heterocycles. The summed E-state index contributed by atoms with van der Waals surface area (Å²) < 4.78 is 1.27. The van der Waals surface area contributed by atoms with Crippen molar-refractivity contribution in [3.63, 3.8) is 0 Å². The highest BCUT2D eigenvalue weighted by Gasteiger charge is 2.12. The van der Waals surface area contributed by atoms with Crippen molar-refractivity contribution in [1.29, 1.82) is 0 Å². The topological polar surface area (TPSA) is 0 Å². The number of hydrogen-bond acceptors (Lipinski definition) is 0. The molecule has 0 amide bonds. The number of hydrogen-bond donors (Lipinski definition) is 0. The number of unbranched alkanes of at least 4 members (excludes halogenated alkanes) is 6. The summed E-state index contributed by atoms with van der Waals surface area (Å²) in [7, 11) is 0. The predicted octanol–water partition coefficient (Wildman–Crippen LogP) is 6.31. The second-order valence-electron chi connectivity index (χ2n) is 5.58. The van der Waals surface area contributed by atoms with Crippen LogP contribution in [0.4, 0.5) is 0 Å². The Morgan fingerprint density at radius 1 is 1.00 bits per heavy atom. The summed E-state index contributed by atoms with van der Waals surface area (Å²) in [4.78, 5) is 0. The van der Waals surface area contributed by atoms with E-state index in [0.29, 0.717) is 0 Å². The molecule has 1 aromatic rings. The van der Waals surface area contributed by atoms with Crippen molar-refractivity contribution in [3.8, 4) is 0 Å². The molecule has 0 radical (unpaired) electrons. The fourth-order valence-corrected chi connectivity index (χ4v) is 3.39. The molecule has 0 fully saturated rings. The van der Waals surface area contributed by atoms with Gasteiger partial charge in [0.25, 0.3) is 0 Å². The normalized spacial score (nSPS) is 12.9. The van der Waals surface area contributed by atoms with Crippen molar-refractivity contribution in [2.45, 2.75) is 64.7 Å². The van der Waals surface area contributed by atoms with Gasteiger partial charge < -0.3 is 0 Å². The molecule has 0 unspecified atom stereocenters. The van der Waals surface area contributed by atoms with E-state index in [0.717, 1.165) is 6.42 Å². The molecule has 1 heteroatoms. The Balaban J connectivity index is 1.75. The fourth-order valence-electron chi connectivity index (χ4n) is 2.89. The van der Waals surface area contributed by atoms with Crippen molar-refractivity contribution in [2.24, 2.45) is 0 Å². The van der Waals surface area contributed by atoms with Gasteiger partial charge in [-0.05, 0) is 42.0 Å². The monoisotopic (exact) mass is 320 g/mol. The predicted molar refractivity (Wildman–Crippen MR) is 88.6 cm³/mol. The molecular weight excluding hydrogens is 296 g/mol. The molecule has 104 valence electrons. The van der Waals surface area contributed by atoms with Crippen LogP contribution in [0.25, 0.3) is 6.08 Å². The molecule has 19 heavy (non-hydrogen) atoms. The summed E-state index contributed by atoms with van der Waals surface area (Å²) >= 11 is 3.66. The highest BCUT2D eigenvalue weighted by atomic mass is 79.9. The summed E-state index contributed by atoms with van der Waals surface area (Å²) in [5.41, 5.74) is 4.52. The Morgan fingerprint density at radius 3 is 2.53 bits per heavy atom. The number of fused-ring (bicyclic) bond motifs is 1. The largest absolute Gasteiger partial charge is 0.0795 e. The molecule has 0 atom stereocenters. The van der Waals surface area contributed by atoms with Crippen LogP contribution in [0, 0.1) is 0 Å². The molecule has 0 bridgehead atoms. The first-order chi connectivity index (χ1) is 9.33. The van der Waals surface area contributed by atoms with Crippen molar-refractivity contribution >= 4 is 22.0 Å². The first-order valence-electron chi connectivity index (χ1n) is 7.79. The van der Waals surface area contributed by atoms with Crippen LogP contribution in [-0.2, 0) is 12.8 Å². The summed E-state index contributed by atoms with van der Waals surface area (Å²) in [6.07, 6.45) is 16.7. The zero-order valence-corrected chi connectivity index (χ0v) is 13.6. The Kier molecular flexibility index (Phi) is 6.16. The van der Waals surface area contributed by atoms with E-state index in [1.807, 2.05) is 0 Å². The molecule has 0 saturated carbocycles. The average Bonchev–Trinajstić information content (AvgIpc) is 2.90. The number of allylic oxidation sites excluding steroid dienone is 1. The number of aryl methyl sites for hydroxylation is 1. The highest BCUT2D eigenvalue weighted by molar-refractivity contribution is 9.10. The molecule has 0 aromatic heterocycles. The van der Waals surface area contributed by atoms with Crippen LogP contribution < -0.4 is 0 Å². The fraction of sp³-hybridized carbons (Fsp3) is 0.556. The van der Waals surface area contributed by atoms with Crippen LogP contribution in [0.5, 0.6) is 0 Å². The van der Waals surface area contributed by atoms with Gasteiger partial charge in [0, 0.05) is 4.47 Å². The van der Waals surface area contributed by atoms with Crippen LogP contribution in [0.3, 0.4) is 0 Å². The van der Waals surface area contributed by atoms with E-state index < -0.39 is 0 Å². The smallest absolute Gasteiger partial charge is 0.0216 e. The Hall–Kier alpha value is -0.560. The van der Waals surface area contributed by atoms with Crippen LogP contribution in [-0.4, -0.2) is 0 Å². The molecule has 1 aliphatic rings. The third-order valence-electron chi connectivity index (χ3n) is 4.05. The lowest BCUT2D eigenvalue weighted by Gasteiger charge is -2.09. The van der Waals surface area contributed by atoms with Crippen molar-refractivity contribution in [3.05, 3.63) is 39.4 Å². The maximum absolute atomic E-state index is 3.66. The minimum atomic E-state index is 1.10. The Bertz CT molecular complexity index is 432. The number of halogens is 1. The molecule has 0 spiro atoms. The van der Waals surface area contributed by atoms with Crippen molar-refractivity contribution < 1.29 is 0 Å². The molecular formula is C18H25Br.